The zero-order valence-electron chi connectivity index (χ0n) is 9.85. The van der Waals surface area contributed by atoms with Gasteiger partial charge in [0.05, 0.1) is 12.5 Å². The molecule has 1 saturated heterocycles. The van der Waals surface area contributed by atoms with Crippen molar-refractivity contribution >= 4 is 0 Å². The van der Waals surface area contributed by atoms with Gasteiger partial charge >= 0.3 is 0 Å². The first kappa shape index (κ1) is 10.5. The van der Waals surface area contributed by atoms with Crippen molar-refractivity contribution in [1.82, 2.24) is 30.5 Å². The van der Waals surface area contributed by atoms with E-state index in [2.05, 4.69) is 31.8 Å². The number of aryl methyl sites for hydroxylation is 1. The first-order valence-corrected chi connectivity index (χ1v) is 5.90. The quantitative estimate of drug-likeness (QED) is 0.776. The van der Waals surface area contributed by atoms with Crippen LogP contribution in [0.25, 0.3) is 0 Å². The lowest BCUT2D eigenvalue weighted by molar-refractivity contribution is 0.338. The maximum atomic E-state index is 4.41. The zero-order chi connectivity index (χ0) is 11.7. The van der Waals surface area contributed by atoms with E-state index in [9.17, 15) is 0 Å². The topological polar surface area (TPSA) is 71.4 Å². The van der Waals surface area contributed by atoms with Gasteiger partial charge in [0, 0.05) is 11.9 Å². The summed E-state index contributed by atoms with van der Waals surface area (Å²) in [5.74, 6) is 0.823. The summed E-state index contributed by atoms with van der Waals surface area (Å²) >= 11 is 0. The average molecular weight is 232 g/mol. The fraction of sp³-hybridized carbons (Fsp3) is 0.545. The summed E-state index contributed by atoms with van der Waals surface area (Å²) < 4.78 is 0. The highest BCUT2D eigenvalue weighted by molar-refractivity contribution is 5.28. The third kappa shape index (κ3) is 1.64. The third-order valence-electron chi connectivity index (χ3n) is 3.51. The van der Waals surface area contributed by atoms with E-state index in [-0.39, 0.29) is 5.41 Å². The molecule has 0 saturated carbocycles. The molecule has 90 valence electrons. The van der Waals surface area contributed by atoms with Gasteiger partial charge in [-0.25, -0.2) is 0 Å². The molecule has 2 aromatic heterocycles. The van der Waals surface area contributed by atoms with Crippen LogP contribution in [0.3, 0.4) is 0 Å². The standard InChI is InChI=1S/C11H16N6/c1-17-15-10(14-16-17)11(4-7-12-8-5-11)9-3-2-6-13-9/h2-3,6,12-13H,4-5,7-8H2,1H3. The van der Waals surface area contributed by atoms with Gasteiger partial charge < -0.3 is 10.3 Å². The van der Waals surface area contributed by atoms with Crippen molar-refractivity contribution in [3.8, 4) is 0 Å². The smallest absolute Gasteiger partial charge is 0.186 e. The highest BCUT2D eigenvalue weighted by Gasteiger charge is 2.40. The lowest BCUT2D eigenvalue weighted by Gasteiger charge is -2.34. The van der Waals surface area contributed by atoms with Gasteiger partial charge in [-0.3, -0.25) is 0 Å². The highest BCUT2D eigenvalue weighted by Crippen LogP contribution is 2.36. The van der Waals surface area contributed by atoms with Crippen molar-refractivity contribution in [1.29, 1.82) is 0 Å². The van der Waals surface area contributed by atoms with Crippen LogP contribution >= 0.6 is 0 Å². The summed E-state index contributed by atoms with van der Waals surface area (Å²) in [7, 11) is 1.81. The number of piperidine rings is 1. The fourth-order valence-electron chi connectivity index (χ4n) is 2.57. The van der Waals surface area contributed by atoms with Gasteiger partial charge in [-0.1, -0.05) is 0 Å². The number of tetrazole rings is 1. The van der Waals surface area contributed by atoms with Crippen LogP contribution in [-0.4, -0.2) is 38.3 Å². The number of hydrogen-bond donors (Lipinski definition) is 2. The molecule has 3 heterocycles. The molecule has 0 spiro atoms. The van der Waals surface area contributed by atoms with Crippen molar-refractivity contribution in [3.63, 3.8) is 0 Å². The summed E-state index contributed by atoms with van der Waals surface area (Å²) in [6.45, 7) is 1.97. The SMILES string of the molecule is Cn1nnc(C2(c3ccc[nH]3)CCNCC2)n1. The molecule has 6 nitrogen and oxygen atoms in total. The summed E-state index contributed by atoms with van der Waals surface area (Å²) in [6, 6.07) is 4.14. The molecule has 17 heavy (non-hydrogen) atoms. The van der Waals surface area contributed by atoms with E-state index in [4.69, 9.17) is 0 Å². The van der Waals surface area contributed by atoms with E-state index < -0.39 is 0 Å². The van der Waals surface area contributed by atoms with Gasteiger partial charge in [0.2, 0.25) is 0 Å². The van der Waals surface area contributed by atoms with Crippen molar-refractivity contribution in [2.24, 2.45) is 7.05 Å². The van der Waals surface area contributed by atoms with Gasteiger partial charge in [-0.05, 0) is 43.3 Å². The summed E-state index contributed by atoms with van der Waals surface area (Å²) in [5.41, 5.74) is 1.08. The second-order valence-corrected chi connectivity index (χ2v) is 4.52. The predicted molar refractivity (Wildman–Crippen MR) is 62.5 cm³/mol. The molecule has 0 atom stereocenters. The molecule has 0 aliphatic carbocycles. The number of hydrogen-bond acceptors (Lipinski definition) is 4. The molecule has 6 heteroatoms. The summed E-state index contributed by atoms with van der Waals surface area (Å²) in [6.07, 6.45) is 3.95. The van der Waals surface area contributed by atoms with Crippen molar-refractivity contribution in [2.75, 3.05) is 13.1 Å². The monoisotopic (exact) mass is 232 g/mol. The van der Waals surface area contributed by atoms with Crippen LogP contribution in [0.5, 0.6) is 0 Å². The minimum atomic E-state index is -0.108. The van der Waals surface area contributed by atoms with E-state index >= 15 is 0 Å². The Hall–Kier alpha value is -1.69. The minimum Gasteiger partial charge on any atom is -0.364 e. The number of nitrogens with zero attached hydrogens (tertiary/aromatic N) is 4. The van der Waals surface area contributed by atoms with Gasteiger partial charge in [0.1, 0.15) is 0 Å². The molecule has 1 fully saturated rings. The van der Waals surface area contributed by atoms with Crippen LogP contribution < -0.4 is 5.32 Å². The molecule has 1 aliphatic rings. The van der Waals surface area contributed by atoms with E-state index in [0.717, 1.165) is 31.8 Å². The van der Waals surface area contributed by atoms with Gasteiger partial charge in [0.15, 0.2) is 5.82 Å². The molecule has 1 aliphatic heterocycles. The molecular weight excluding hydrogens is 216 g/mol. The Morgan fingerprint density at radius 2 is 2.18 bits per heavy atom. The molecule has 0 bridgehead atoms. The normalized spacial score (nSPS) is 19.4. The molecule has 2 aromatic rings. The van der Waals surface area contributed by atoms with E-state index in [0.29, 0.717) is 0 Å². The Balaban J connectivity index is 2.07. The first-order chi connectivity index (χ1) is 8.31. The van der Waals surface area contributed by atoms with Gasteiger partial charge in [0.25, 0.3) is 0 Å². The zero-order valence-corrected chi connectivity index (χ0v) is 9.85. The number of H-pyrrole nitrogens is 1. The Kier molecular flexibility index (Phi) is 2.44. The van der Waals surface area contributed by atoms with Gasteiger partial charge in [-0.15, -0.1) is 10.2 Å². The second kappa shape index (κ2) is 3.96. The largest absolute Gasteiger partial charge is 0.364 e. The van der Waals surface area contributed by atoms with Crippen molar-refractivity contribution < 1.29 is 0 Å². The van der Waals surface area contributed by atoms with E-state index in [1.165, 1.54) is 10.5 Å². The molecule has 0 unspecified atom stereocenters. The Bertz CT molecular complexity index is 480. The maximum Gasteiger partial charge on any atom is 0.186 e. The van der Waals surface area contributed by atoms with Crippen LogP contribution in [0.15, 0.2) is 18.3 Å². The number of rotatable bonds is 2. The Labute approximate surface area is 99.4 Å². The lowest BCUT2D eigenvalue weighted by Crippen LogP contribution is -2.41. The second-order valence-electron chi connectivity index (χ2n) is 4.52. The molecule has 3 rings (SSSR count). The summed E-state index contributed by atoms with van der Waals surface area (Å²) in [4.78, 5) is 4.84. The average Bonchev–Trinajstić information content (AvgIpc) is 3.01. The first-order valence-electron chi connectivity index (χ1n) is 5.90. The van der Waals surface area contributed by atoms with Crippen LogP contribution in [0.4, 0.5) is 0 Å². The molecule has 0 amide bonds. The van der Waals surface area contributed by atoms with E-state index in [1.54, 1.807) is 7.05 Å². The van der Waals surface area contributed by atoms with Gasteiger partial charge in [-0.2, -0.15) is 4.80 Å². The third-order valence-corrected chi connectivity index (χ3v) is 3.51. The maximum absolute atomic E-state index is 4.41. The fourth-order valence-corrected chi connectivity index (χ4v) is 2.57. The van der Waals surface area contributed by atoms with Crippen LogP contribution in [0.1, 0.15) is 24.4 Å². The summed E-state index contributed by atoms with van der Waals surface area (Å²) in [5, 5.41) is 16.0. The minimum absolute atomic E-state index is 0.108. The molecule has 0 radical (unpaired) electrons. The highest BCUT2D eigenvalue weighted by atomic mass is 15.6. The van der Waals surface area contributed by atoms with Crippen LogP contribution in [-0.2, 0) is 12.5 Å². The number of nitrogens with one attached hydrogen (secondary N) is 2. The number of aromatic amines is 1. The Morgan fingerprint density at radius 3 is 2.76 bits per heavy atom. The molecule has 2 N–H and O–H groups in total. The van der Waals surface area contributed by atoms with Crippen LogP contribution in [0.2, 0.25) is 0 Å². The Morgan fingerprint density at radius 1 is 1.35 bits per heavy atom. The number of aromatic nitrogens is 5. The van der Waals surface area contributed by atoms with Crippen LogP contribution in [0, 0.1) is 0 Å². The molecular formula is C11H16N6. The van der Waals surface area contributed by atoms with Crippen molar-refractivity contribution in [3.05, 3.63) is 29.8 Å². The van der Waals surface area contributed by atoms with E-state index in [1.807, 2.05) is 12.3 Å². The predicted octanol–water partition coefficient (Wildman–Crippen LogP) is 0.208. The van der Waals surface area contributed by atoms with Crippen molar-refractivity contribution in [2.45, 2.75) is 18.3 Å². The molecule has 0 aromatic carbocycles. The lowest BCUT2D eigenvalue weighted by atomic mass is 9.75.